The molecule has 0 spiro atoms. The molecule has 4 nitrogen and oxygen atoms in total. The Morgan fingerprint density at radius 1 is 1.07 bits per heavy atom. The third-order valence-electron chi connectivity index (χ3n) is 2.68. The van der Waals surface area contributed by atoms with Crippen LogP contribution in [0.3, 0.4) is 0 Å². The fourth-order valence-corrected chi connectivity index (χ4v) is 2.99. The van der Waals surface area contributed by atoms with Crippen molar-refractivity contribution in [1.82, 2.24) is 10.0 Å². The van der Waals surface area contributed by atoms with Crippen LogP contribution in [-0.4, -0.2) is 32.8 Å². The molecule has 0 aromatic heterocycles. The van der Waals surface area contributed by atoms with Gasteiger partial charge in [-0.1, -0.05) is 13.8 Å². The molecule has 1 aliphatic carbocycles. The zero-order chi connectivity index (χ0) is 11.5. The molecule has 0 bridgehead atoms. The maximum atomic E-state index is 11.0. The lowest BCUT2D eigenvalue weighted by Crippen LogP contribution is -2.43. The number of hydrogen-bond donors (Lipinski definition) is 2. The molecule has 0 aliphatic heterocycles. The Balaban J connectivity index is 2.30. The largest absolute Gasteiger partial charge is 0.312 e. The highest BCUT2D eigenvalue weighted by Gasteiger charge is 2.23. The second kappa shape index (κ2) is 5.27. The number of rotatable bonds is 4. The molecular formula is C10H22N2O2S. The van der Waals surface area contributed by atoms with Crippen LogP contribution in [0, 0.1) is 0 Å². The van der Waals surface area contributed by atoms with E-state index in [0.29, 0.717) is 12.1 Å². The van der Waals surface area contributed by atoms with Crippen molar-refractivity contribution in [2.75, 3.05) is 6.26 Å². The lowest BCUT2D eigenvalue weighted by Gasteiger charge is -2.30. The Morgan fingerprint density at radius 3 is 1.93 bits per heavy atom. The van der Waals surface area contributed by atoms with Crippen molar-refractivity contribution < 1.29 is 8.42 Å². The molecule has 0 unspecified atom stereocenters. The molecule has 1 saturated carbocycles. The maximum Gasteiger partial charge on any atom is 0.208 e. The maximum absolute atomic E-state index is 11.0. The van der Waals surface area contributed by atoms with E-state index in [9.17, 15) is 8.42 Å². The first-order valence-corrected chi connectivity index (χ1v) is 7.49. The first-order chi connectivity index (χ1) is 6.87. The molecule has 0 heterocycles. The fraction of sp³-hybridized carbons (Fsp3) is 1.00. The Morgan fingerprint density at radius 2 is 1.53 bits per heavy atom. The van der Waals surface area contributed by atoms with Gasteiger partial charge in [0.2, 0.25) is 10.0 Å². The summed E-state index contributed by atoms with van der Waals surface area (Å²) in [6.45, 7) is 4.28. The summed E-state index contributed by atoms with van der Waals surface area (Å²) < 4.78 is 24.7. The summed E-state index contributed by atoms with van der Waals surface area (Å²) >= 11 is 0. The van der Waals surface area contributed by atoms with E-state index in [-0.39, 0.29) is 6.04 Å². The van der Waals surface area contributed by atoms with Gasteiger partial charge in [0.15, 0.2) is 0 Å². The van der Waals surface area contributed by atoms with Crippen molar-refractivity contribution in [2.24, 2.45) is 0 Å². The average Bonchev–Trinajstić information content (AvgIpc) is 2.05. The molecule has 1 fully saturated rings. The van der Waals surface area contributed by atoms with Crippen molar-refractivity contribution >= 4 is 10.0 Å². The Kier molecular flexibility index (Phi) is 4.55. The van der Waals surface area contributed by atoms with E-state index < -0.39 is 10.0 Å². The van der Waals surface area contributed by atoms with Crippen molar-refractivity contribution in [3.8, 4) is 0 Å². The Bertz CT molecular complexity index is 280. The van der Waals surface area contributed by atoms with Crippen LogP contribution >= 0.6 is 0 Å². The molecule has 1 rings (SSSR count). The molecule has 1 aliphatic rings. The summed E-state index contributed by atoms with van der Waals surface area (Å²) in [7, 11) is -3.03. The minimum Gasteiger partial charge on any atom is -0.312 e. The molecule has 0 aromatic carbocycles. The molecule has 0 saturated heterocycles. The minimum absolute atomic E-state index is 0.144. The number of nitrogens with one attached hydrogen (secondary N) is 2. The van der Waals surface area contributed by atoms with E-state index in [1.54, 1.807) is 0 Å². The first-order valence-electron chi connectivity index (χ1n) is 5.60. The molecule has 2 N–H and O–H groups in total. The van der Waals surface area contributed by atoms with Crippen molar-refractivity contribution in [2.45, 2.75) is 57.7 Å². The fourth-order valence-electron chi connectivity index (χ4n) is 2.15. The average molecular weight is 234 g/mol. The van der Waals surface area contributed by atoms with Crippen LogP contribution in [0.25, 0.3) is 0 Å². The highest BCUT2D eigenvalue weighted by molar-refractivity contribution is 7.88. The summed E-state index contributed by atoms with van der Waals surface area (Å²) in [6, 6.07) is 1.21. The number of sulfonamides is 1. The van der Waals surface area contributed by atoms with E-state index in [2.05, 4.69) is 23.9 Å². The van der Waals surface area contributed by atoms with Crippen molar-refractivity contribution in [3.63, 3.8) is 0 Å². The van der Waals surface area contributed by atoms with E-state index in [1.165, 1.54) is 6.26 Å². The van der Waals surface area contributed by atoms with Crippen LogP contribution in [0.1, 0.15) is 39.5 Å². The molecule has 0 aromatic rings. The van der Waals surface area contributed by atoms with Crippen molar-refractivity contribution in [3.05, 3.63) is 0 Å². The van der Waals surface area contributed by atoms with E-state index in [4.69, 9.17) is 0 Å². The third-order valence-corrected chi connectivity index (χ3v) is 3.44. The molecule has 90 valence electrons. The molecular weight excluding hydrogens is 212 g/mol. The first kappa shape index (κ1) is 12.9. The van der Waals surface area contributed by atoms with Crippen LogP contribution in [0.15, 0.2) is 0 Å². The SMILES string of the molecule is CC(C)NC1CCC(NS(C)(=O)=O)CC1. The predicted octanol–water partition coefficient (Wildman–Crippen LogP) is 0.845. The second-order valence-corrected chi connectivity index (χ2v) is 6.54. The summed E-state index contributed by atoms with van der Waals surface area (Å²) in [5, 5.41) is 3.49. The Labute approximate surface area is 92.9 Å². The normalized spacial score (nSPS) is 28.3. The van der Waals surface area contributed by atoms with Gasteiger partial charge < -0.3 is 5.32 Å². The molecule has 5 heteroatoms. The van der Waals surface area contributed by atoms with Gasteiger partial charge in [0.05, 0.1) is 6.26 Å². The topological polar surface area (TPSA) is 58.2 Å². The smallest absolute Gasteiger partial charge is 0.208 e. The highest BCUT2D eigenvalue weighted by Crippen LogP contribution is 2.19. The number of hydrogen-bond acceptors (Lipinski definition) is 3. The van der Waals surface area contributed by atoms with Crippen LogP contribution in [-0.2, 0) is 10.0 Å². The van der Waals surface area contributed by atoms with E-state index >= 15 is 0 Å². The van der Waals surface area contributed by atoms with Gasteiger partial charge in [-0.15, -0.1) is 0 Å². The molecule has 0 atom stereocenters. The van der Waals surface area contributed by atoms with E-state index in [0.717, 1.165) is 25.7 Å². The van der Waals surface area contributed by atoms with E-state index in [1.807, 2.05) is 0 Å². The predicted molar refractivity (Wildman–Crippen MR) is 62.3 cm³/mol. The van der Waals surface area contributed by atoms with Gasteiger partial charge in [0, 0.05) is 18.1 Å². The summed E-state index contributed by atoms with van der Waals surface area (Å²) in [5.74, 6) is 0. The molecule has 15 heavy (non-hydrogen) atoms. The van der Waals surface area contributed by atoms with Crippen LogP contribution in [0.2, 0.25) is 0 Å². The molecule has 0 amide bonds. The minimum atomic E-state index is -3.03. The highest BCUT2D eigenvalue weighted by atomic mass is 32.2. The van der Waals surface area contributed by atoms with Gasteiger partial charge >= 0.3 is 0 Å². The quantitative estimate of drug-likeness (QED) is 0.758. The van der Waals surface area contributed by atoms with Crippen LogP contribution in [0.5, 0.6) is 0 Å². The Hall–Kier alpha value is -0.130. The van der Waals surface area contributed by atoms with Gasteiger partial charge in [0.1, 0.15) is 0 Å². The molecule has 0 radical (unpaired) electrons. The van der Waals surface area contributed by atoms with Gasteiger partial charge in [-0.2, -0.15) is 0 Å². The summed E-state index contributed by atoms with van der Waals surface area (Å²) in [5.41, 5.74) is 0. The van der Waals surface area contributed by atoms with Crippen molar-refractivity contribution in [1.29, 1.82) is 0 Å². The van der Waals surface area contributed by atoms with Crippen LogP contribution in [0.4, 0.5) is 0 Å². The summed E-state index contributed by atoms with van der Waals surface area (Å²) in [4.78, 5) is 0. The second-order valence-electron chi connectivity index (χ2n) is 4.76. The zero-order valence-corrected chi connectivity index (χ0v) is 10.6. The lowest BCUT2D eigenvalue weighted by atomic mass is 9.91. The van der Waals surface area contributed by atoms with Crippen LogP contribution < -0.4 is 10.0 Å². The van der Waals surface area contributed by atoms with Gasteiger partial charge in [-0.3, -0.25) is 0 Å². The standard InChI is InChI=1S/C10H22N2O2S/c1-8(2)11-9-4-6-10(7-5-9)12-15(3,13)14/h8-12H,4-7H2,1-3H3. The van der Waals surface area contributed by atoms with Gasteiger partial charge in [0.25, 0.3) is 0 Å². The summed E-state index contributed by atoms with van der Waals surface area (Å²) in [6.07, 6.45) is 5.23. The van der Waals surface area contributed by atoms with Gasteiger partial charge in [-0.05, 0) is 25.7 Å². The zero-order valence-electron chi connectivity index (χ0n) is 9.79. The lowest BCUT2D eigenvalue weighted by molar-refractivity contribution is 0.315. The van der Waals surface area contributed by atoms with Gasteiger partial charge in [-0.25, -0.2) is 13.1 Å². The monoisotopic (exact) mass is 234 g/mol. The third kappa shape index (κ3) is 5.49.